The van der Waals surface area contributed by atoms with Crippen molar-refractivity contribution in [3.63, 3.8) is 0 Å². The third kappa shape index (κ3) is 1.88. The third-order valence-corrected chi connectivity index (χ3v) is 4.01. The van der Waals surface area contributed by atoms with Crippen LogP contribution in [0.2, 0.25) is 0 Å². The number of nitrogens with zero attached hydrogens (tertiary/aromatic N) is 2. The van der Waals surface area contributed by atoms with Crippen LogP contribution in [0.4, 0.5) is 0 Å². The molecule has 1 aliphatic heterocycles. The first-order valence-corrected chi connectivity index (χ1v) is 6.45. The van der Waals surface area contributed by atoms with Gasteiger partial charge < -0.3 is 9.30 Å². The van der Waals surface area contributed by atoms with Gasteiger partial charge in [-0.25, -0.2) is 4.98 Å². The molecule has 1 aliphatic carbocycles. The first-order chi connectivity index (χ1) is 7.86. The second-order valence-electron chi connectivity index (χ2n) is 5.22. The van der Waals surface area contributed by atoms with Gasteiger partial charge >= 0.3 is 0 Å². The SMILES string of the molecule is CC(C1CCCOC1)n1cncc1C1CC1. The summed E-state index contributed by atoms with van der Waals surface area (Å²) in [4.78, 5) is 4.32. The monoisotopic (exact) mass is 220 g/mol. The van der Waals surface area contributed by atoms with Crippen LogP contribution in [0.25, 0.3) is 0 Å². The van der Waals surface area contributed by atoms with Crippen LogP contribution in [0.1, 0.15) is 50.3 Å². The molecule has 3 nitrogen and oxygen atoms in total. The van der Waals surface area contributed by atoms with Crippen molar-refractivity contribution in [2.75, 3.05) is 13.2 Å². The minimum Gasteiger partial charge on any atom is -0.381 e. The van der Waals surface area contributed by atoms with Gasteiger partial charge in [-0.1, -0.05) is 0 Å². The quantitative estimate of drug-likeness (QED) is 0.783. The van der Waals surface area contributed by atoms with Crippen LogP contribution in [-0.2, 0) is 4.74 Å². The summed E-state index contributed by atoms with van der Waals surface area (Å²) in [6, 6.07) is 0.540. The predicted molar refractivity (Wildman–Crippen MR) is 62.5 cm³/mol. The lowest BCUT2D eigenvalue weighted by Crippen LogP contribution is -2.26. The number of aromatic nitrogens is 2. The van der Waals surface area contributed by atoms with E-state index in [0.717, 1.165) is 19.1 Å². The fourth-order valence-corrected chi connectivity index (χ4v) is 2.72. The molecule has 0 amide bonds. The Morgan fingerprint density at radius 2 is 2.31 bits per heavy atom. The first-order valence-electron chi connectivity index (χ1n) is 6.45. The molecule has 0 radical (unpaired) electrons. The van der Waals surface area contributed by atoms with Gasteiger partial charge in [0.05, 0.1) is 12.9 Å². The van der Waals surface area contributed by atoms with E-state index in [4.69, 9.17) is 4.74 Å². The van der Waals surface area contributed by atoms with E-state index in [1.165, 1.54) is 31.4 Å². The number of hydrogen-bond donors (Lipinski definition) is 0. The van der Waals surface area contributed by atoms with Gasteiger partial charge in [-0.2, -0.15) is 0 Å². The Morgan fingerprint density at radius 1 is 1.44 bits per heavy atom. The van der Waals surface area contributed by atoms with Gasteiger partial charge in [0, 0.05) is 36.4 Å². The van der Waals surface area contributed by atoms with Crippen LogP contribution in [0.15, 0.2) is 12.5 Å². The second-order valence-corrected chi connectivity index (χ2v) is 5.22. The maximum atomic E-state index is 5.58. The average Bonchev–Trinajstić information content (AvgIpc) is 3.07. The number of ether oxygens (including phenoxy) is 1. The largest absolute Gasteiger partial charge is 0.381 e. The molecule has 1 aromatic heterocycles. The van der Waals surface area contributed by atoms with Crippen LogP contribution < -0.4 is 0 Å². The smallest absolute Gasteiger partial charge is 0.0950 e. The fourth-order valence-electron chi connectivity index (χ4n) is 2.72. The van der Waals surface area contributed by atoms with Crippen molar-refractivity contribution in [3.05, 3.63) is 18.2 Å². The van der Waals surface area contributed by atoms with E-state index in [0.29, 0.717) is 12.0 Å². The van der Waals surface area contributed by atoms with Crippen molar-refractivity contribution in [3.8, 4) is 0 Å². The number of imidazole rings is 1. The molecule has 3 heteroatoms. The van der Waals surface area contributed by atoms with E-state index in [9.17, 15) is 0 Å². The molecule has 0 aromatic carbocycles. The molecule has 88 valence electrons. The highest BCUT2D eigenvalue weighted by atomic mass is 16.5. The summed E-state index contributed by atoms with van der Waals surface area (Å²) < 4.78 is 7.97. The van der Waals surface area contributed by atoms with E-state index >= 15 is 0 Å². The van der Waals surface area contributed by atoms with Crippen LogP contribution in [0, 0.1) is 5.92 Å². The fraction of sp³-hybridized carbons (Fsp3) is 0.769. The zero-order chi connectivity index (χ0) is 11.0. The molecule has 0 spiro atoms. The summed E-state index contributed by atoms with van der Waals surface area (Å²) in [6.07, 6.45) is 9.26. The molecular weight excluding hydrogens is 200 g/mol. The van der Waals surface area contributed by atoms with Gasteiger partial charge in [-0.05, 0) is 32.6 Å². The standard InChI is InChI=1S/C13H20N2O/c1-10(12-3-2-6-16-8-12)15-9-14-7-13(15)11-4-5-11/h7,9-12H,2-6,8H2,1H3. The second kappa shape index (κ2) is 4.21. The zero-order valence-corrected chi connectivity index (χ0v) is 9.93. The Labute approximate surface area is 96.8 Å². The maximum absolute atomic E-state index is 5.58. The molecular formula is C13H20N2O. The summed E-state index contributed by atoms with van der Waals surface area (Å²) in [6.45, 7) is 4.18. The molecule has 2 heterocycles. The minimum absolute atomic E-state index is 0.540. The molecule has 0 bridgehead atoms. The van der Waals surface area contributed by atoms with Gasteiger partial charge in [0.2, 0.25) is 0 Å². The van der Waals surface area contributed by atoms with Crippen molar-refractivity contribution in [2.24, 2.45) is 5.92 Å². The topological polar surface area (TPSA) is 27.1 Å². The van der Waals surface area contributed by atoms with Crippen LogP contribution in [0.3, 0.4) is 0 Å². The lowest BCUT2D eigenvalue weighted by molar-refractivity contribution is 0.0359. The summed E-state index contributed by atoms with van der Waals surface area (Å²) in [5, 5.41) is 0. The highest BCUT2D eigenvalue weighted by Gasteiger charge is 2.30. The molecule has 2 unspecified atom stereocenters. The maximum Gasteiger partial charge on any atom is 0.0950 e. The van der Waals surface area contributed by atoms with Crippen LogP contribution in [-0.4, -0.2) is 22.8 Å². The van der Waals surface area contributed by atoms with Gasteiger partial charge in [0.25, 0.3) is 0 Å². The summed E-state index contributed by atoms with van der Waals surface area (Å²) in [5.41, 5.74) is 1.44. The van der Waals surface area contributed by atoms with Gasteiger partial charge in [0.15, 0.2) is 0 Å². The van der Waals surface area contributed by atoms with Crippen LogP contribution >= 0.6 is 0 Å². The number of rotatable bonds is 3. The number of hydrogen-bond acceptors (Lipinski definition) is 2. The van der Waals surface area contributed by atoms with Gasteiger partial charge in [0.1, 0.15) is 0 Å². The van der Waals surface area contributed by atoms with Crippen molar-refractivity contribution >= 4 is 0 Å². The van der Waals surface area contributed by atoms with E-state index in [1.54, 1.807) is 0 Å². The first kappa shape index (κ1) is 10.3. The highest BCUT2D eigenvalue weighted by molar-refractivity contribution is 5.13. The minimum atomic E-state index is 0.540. The average molecular weight is 220 g/mol. The summed E-state index contributed by atoms with van der Waals surface area (Å²) in [5.74, 6) is 1.45. The van der Waals surface area contributed by atoms with Crippen molar-refractivity contribution < 1.29 is 4.74 Å². The predicted octanol–water partition coefficient (Wildman–Crippen LogP) is 2.75. The summed E-state index contributed by atoms with van der Waals surface area (Å²) in [7, 11) is 0. The molecule has 2 aliphatic rings. The van der Waals surface area contributed by atoms with Crippen LogP contribution in [0.5, 0.6) is 0 Å². The molecule has 1 saturated carbocycles. The molecule has 2 fully saturated rings. The molecule has 1 saturated heterocycles. The highest BCUT2D eigenvalue weighted by Crippen LogP contribution is 2.41. The normalized spacial score (nSPS) is 27.9. The molecule has 0 N–H and O–H groups in total. The Balaban J connectivity index is 1.76. The molecule has 3 rings (SSSR count). The van der Waals surface area contributed by atoms with E-state index in [-0.39, 0.29) is 0 Å². The van der Waals surface area contributed by atoms with Crippen molar-refractivity contribution in [1.29, 1.82) is 0 Å². The third-order valence-electron chi connectivity index (χ3n) is 4.01. The lowest BCUT2D eigenvalue weighted by Gasteiger charge is -2.29. The van der Waals surface area contributed by atoms with Crippen molar-refractivity contribution in [1.82, 2.24) is 9.55 Å². The van der Waals surface area contributed by atoms with E-state index < -0.39 is 0 Å². The van der Waals surface area contributed by atoms with Gasteiger partial charge in [-0.15, -0.1) is 0 Å². The zero-order valence-electron chi connectivity index (χ0n) is 9.93. The van der Waals surface area contributed by atoms with E-state index in [1.807, 2.05) is 6.33 Å². The lowest BCUT2D eigenvalue weighted by atomic mass is 9.94. The Hall–Kier alpha value is -0.830. The Kier molecular flexibility index (Phi) is 2.72. The van der Waals surface area contributed by atoms with Gasteiger partial charge in [-0.3, -0.25) is 0 Å². The summed E-state index contributed by atoms with van der Waals surface area (Å²) >= 11 is 0. The molecule has 2 atom stereocenters. The molecule has 1 aromatic rings. The molecule has 16 heavy (non-hydrogen) atoms. The van der Waals surface area contributed by atoms with E-state index in [2.05, 4.69) is 22.7 Å². The Bertz CT molecular complexity index is 351. The van der Waals surface area contributed by atoms with Crippen molar-refractivity contribution in [2.45, 2.75) is 44.6 Å². The Morgan fingerprint density at radius 3 is 3.00 bits per heavy atom.